The van der Waals surface area contributed by atoms with Crippen molar-refractivity contribution in [1.82, 2.24) is 0 Å². The monoisotopic (exact) mass is 252 g/mol. The van der Waals surface area contributed by atoms with Gasteiger partial charge in [-0.25, -0.2) is 13.2 Å². The summed E-state index contributed by atoms with van der Waals surface area (Å²) in [6.45, 7) is 0. The van der Waals surface area contributed by atoms with Crippen molar-refractivity contribution in [3.63, 3.8) is 0 Å². The van der Waals surface area contributed by atoms with Crippen molar-refractivity contribution in [2.24, 2.45) is 10.9 Å². The second-order valence-corrected chi connectivity index (χ2v) is 3.01. The summed E-state index contributed by atoms with van der Waals surface area (Å²) in [4.78, 5) is 0. The molecule has 0 radical (unpaired) electrons. The fraction of sp³-hybridized carbons (Fsp3) is 0. The summed E-state index contributed by atoms with van der Waals surface area (Å²) < 4.78 is 38.4. The van der Waals surface area contributed by atoms with E-state index in [1.165, 1.54) is 0 Å². The average molecular weight is 253 g/mol. The zero-order chi connectivity index (χ0) is 10.0. The van der Waals surface area contributed by atoms with Crippen LogP contribution in [0.3, 0.4) is 0 Å². The molecule has 1 rings (SSSR count). The third-order valence-electron chi connectivity index (χ3n) is 1.35. The van der Waals surface area contributed by atoms with Crippen LogP contribution in [-0.2, 0) is 0 Å². The molecule has 0 aliphatic heterocycles. The first-order chi connectivity index (χ1) is 6.07. The van der Waals surface area contributed by atoms with Crippen molar-refractivity contribution >= 4 is 22.1 Å². The zero-order valence-electron chi connectivity index (χ0n) is 6.19. The van der Waals surface area contributed by atoms with Crippen LogP contribution in [0.15, 0.2) is 15.6 Å². The second kappa shape index (κ2) is 3.78. The van der Waals surface area contributed by atoms with E-state index in [9.17, 15) is 13.2 Å². The normalized spacial score (nSPS) is 11.1. The molecule has 0 unspecified atom stereocenters. The molecule has 0 amide bonds. The molecular weight excluding hydrogens is 249 g/mol. The van der Waals surface area contributed by atoms with Crippen LogP contribution in [0.2, 0.25) is 0 Å². The molecule has 2 nitrogen and oxygen atoms in total. The third kappa shape index (κ3) is 1.82. The summed E-state index contributed by atoms with van der Waals surface area (Å²) in [5, 5.41) is 2.92. The molecule has 0 saturated heterocycles. The summed E-state index contributed by atoms with van der Waals surface area (Å²) >= 11 is 2.72. The molecule has 0 aliphatic rings. The number of nitrogens with zero attached hydrogens (tertiary/aromatic N) is 1. The average Bonchev–Trinajstić information content (AvgIpc) is 2.09. The highest BCUT2D eigenvalue weighted by atomic mass is 79.9. The van der Waals surface area contributed by atoms with Gasteiger partial charge in [-0.05, 0) is 22.0 Å². The number of nitrogens with two attached hydrogens (primary N) is 1. The minimum atomic E-state index is -1.31. The van der Waals surface area contributed by atoms with Gasteiger partial charge in [-0.3, -0.25) is 0 Å². The molecule has 1 aromatic rings. The molecule has 0 saturated carbocycles. The lowest BCUT2D eigenvalue weighted by molar-refractivity contribution is 0.491. The van der Waals surface area contributed by atoms with Crippen molar-refractivity contribution in [3.8, 4) is 0 Å². The van der Waals surface area contributed by atoms with E-state index in [-0.39, 0.29) is 4.47 Å². The van der Waals surface area contributed by atoms with Crippen molar-refractivity contribution in [2.45, 2.75) is 0 Å². The Bertz CT molecular complexity index is 339. The van der Waals surface area contributed by atoms with Gasteiger partial charge in [0, 0.05) is 0 Å². The molecule has 0 fully saturated rings. The molecule has 0 aliphatic carbocycles. The van der Waals surface area contributed by atoms with E-state index in [1.807, 2.05) is 0 Å². The van der Waals surface area contributed by atoms with E-state index < -0.39 is 23.0 Å². The Balaban J connectivity index is 3.46. The molecule has 70 valence electrons. The highest BCUT2D eigenvalue weighted by Gasteiger charge is 2.15. The van der Waals surface area contributed by atoms with Gasteiger partial charge in [-0.15, -0.1) is 0 Å². The zero-order valence-corrected chi connectivity index (χ0v) is 7.78. The van der Waals surface area contributed by atoms with E-state index in [4.69, 9.17) is 5.84 Å². The second-order valence-electron chi connectivity index (χ2n) is 2.16. The Morgan fingerprint density at radius 2 is 1.92 bits per heavy atom. The van der Waals surface area contributed by atoms with Gasteiger partial charge < -0.3 is 5.84 Å². The van der Waals surface area contributed by atoms with Gasteiger partial charge in [0.2, 0.25) is 0 Å². The van der Waals surface area contributed by atoms with Crippen molar-refractivity contribution in [2.75, 3.05) is 0 Å². The molecule has 1 aromatic carbocycles. The van der Waals surface area contributed by atoms with Crippen LogP contribution in [0.5, 0.6) is 0 Å². The quantitative estimate of drug-likeness (QED) is 0.354. The topological polar surface area (TPSA) is 38.4 Å². The maximum absolute atomic E-state index is 13.0. The predicted octanol–water partition coefficient (Wildman–Crippen LogP) is 2.16. The highest BCUT2D eigenvalue weighted by Crippen LogP contribution is 2.22. The van der Waals surface area contributed by atoms with Gasteiger partial charge in [-0.2, -0.15) is 5.10 Å². The van der Waals surface area contributed by atoms with E-state index in [1.54, 1.807) is 0 Å². The molecule has 2 N–H and O–H groups in total. The molecular formula is C7H4BrF3N2. The van der Waals surface area contributed by atoms with Crippen LogP contribution in [0.25, 0.3) is 0 Å². The number of halogens is 4. The fourth-order valence-corrected chi connectivity index (χ4v) is 1.19. The fourth-order valence-electron chi connectivity index (χ4n) is 0.780. The Hall–Kier alpha value is -1.04. The van der Waals surface area contributed by atoms with Crippen molar-refractivity contribution < 1.29 is 13.2 Å². The molecule has 0 spiro atoms. The van der Waals surface area contributed by atoms with Gasteiger partial charge >= 0.3 is 0 Å². The van der Waals surface area contributed by atoms with Crippen LogP contribution in [0.4, 0.5) is 13.2 Å². The number of hydrazone groups is 1. The Kier molecular flexibility index (Phi) is 2.92. The molecule has 13 heavy (non-hydrogen) atoms. The van der Waals surface area contributed by atoms with E-state index in [0.717, 1.165) is 0 Å². The third-order valence-corrected chi connectivity index (χ3v) is 1.93. The highest BCUT2D eigenvalue weighted by molar-refractivity contribution is 9.10. The van der Waals surface area contributed by atoms with Gasteiger partial charge in [0.15, 0.2) is 11.6 Å². The van der Waals surface area contributed by atoms with Gasteiger partial charge in [-0.1, -0.05) is 0 Å². The lowest BCUT2D eigenvalue weighted by Gasteiger charge is -2.01. The number of hydrogen-bond donors (Lipinski definition) is 1. The summed E-state index contributed by atoms with van der Waals surface area (Å²) in [5.74, 6) is 1.29. The summed E-state index contributed by atoms with van der Waals surface area (Å²) in [6, 6.07) is 0.693. The first-order valence-electron chi connectivity index (χ1n) is 3.14. The van der Waals surface area contributed by atoms with E-state index >= 15 is 0 Å². The summed E-state index contributed by atoms with van der Waals surface area (Å²) in [6.07, 6.45) is 0.707. The lowest BCUT2D eigenvalue weighted by Crippen LogP contribution is -2.00. The number of hydrogen-bond acceptors (Lipinski definition) is 2. The molecule has 0 atom stereocenters. The lowest BCUT2D eigenvalue weighted by atomic mass is 10.2. The smallest absolute Gasteiger partial charge is 0.170 e. The number of benzene rings is 1. The van der Waals surface area contributed by atoms with Crippen LogP contribution < -0.4 is 5.84 Å². The summed E-state index contributed by atoms with van der Waals surface area (Å²) in [7, 11) is 0. The maximum Gasteiger partial charge on any atom is 0.170 e. The Morgan fingerprint density at radius 3 is 2.46 bits per heavy atom. The minimum Gasteiger partial charge on any atom is -0.323 e. The van der Waals surface area contributed by atoms with Crippen molar-refractivity contribution in [3.05, 3.63) is 33.6 Å². The van der Waals surface area contributed by atoms with Crippen LogP contribution in [0, 0.1) is 17.5 Å². The SMILES string of the molecule is NN=Cc1c(F)c(F)cc(Br)c1F. The largest absolute Gasteiger partial charge is 0.323 e. The number of rotatable bonds is 1. The van der Waals surface area contributed by atoms with E-state index in [0.29, 0.717) is 12.3 Å². The van der Waals surface area contributed by atoms with Gasteiger partial charge in [0.05, 0.1) is 16.3 Å². The first-order valence-corrected chi connectivity index (χ1v) is 3.93. The van der Waals surface area contributed by atoms with E-state index in [2.05, 4.69) is 21.0 Å². The van der Waals surface area contributed by atoms with Crippen LogP contribution >= 0.6 is 15.9 Å². The van der Waals surface area contributed by atoms with Gasteiger partial charge in [0.1, 0.15) is 5.82 Å². The Labute approximate surface area is 80.4 Å². The van der Waals surface area contributed by atoms with Gasteiger partial charge in [0.25, 0.3) is 0 Å². The summed E-state index contributed by atoms with van der Waals surface area (Å²) in [5.41, 5.74) is -0.602. The maximum atomic E-state index is 13.0. The molecule has 6 heteroatoms. The minimum absolute atomic E-state index is 0.179. The molecule has 0 bridgehead atoms. The van der Waals surface area contributed by atoms with Crippen molar-refractivity contribution in [1.29, 1.82) is 0 Å². The Morgan fingerprint density at radius 1 is 1.31 bits per heavy atom. The standard InChI is InChI=1S/C7H4BrF3N2/c8-4-1-5(9)7(11)3(2-13-12)6(4)10/h1-2H,12H2. The van der Waals surface area contributed by atoms with Crippen LogP contribution in [0.1, 0.15) is 5.56 Å². The molecule has 0 aromatic heterocycles. The first kappa shape index (κ1) is 10.0. The molecule has 0 heterocycles. The van der Waals surface area contributed by atoms with Crippen LogP contribution in [-0.4, -0.2) is 6.21 Å². The predicted molar refractivity (Wildman–Crippen MR) is 45.8 cm³/mol.